The minimum Gasteiger partial charge on any atom is -0.356 e. The van der Waals surface area contributed by atoms with Gasteiger partial charge in [0.15, 0.2) is 0 Å². The Balaban J connectivity index is 1.23. The van der Waals surface area contributed by atoms with Gasteiger partial charge in [-0.05, 0) is 18.6 Å². The molecule has 9 nitrogen and oxygen atoms in total. The summed E-state index contributed by atoms with van der Waals surface area (Å²) in [5.41, 5.74) is 1.72. The molecule has 1 aliphatic rings. The molecule has 0 aliphatic carbocycles. The van der Waals surface area contributed by atoms with Gasteiger partial charge in [0.2, 0.25) is 23.5 Å². The number of nitrogens with one attached hydrogen (secondary N) is 3. The molecule has 2 heterocycles. The zero-order valence-corrected chi connectivity index (χ0v) is 16.6. The van der Waals surface area contributed by atoms with Crippen molar-refractivity contribution in [1.82, 2.24) is 20.8 Å². The lowest BCUT2D eigenvalue weighted by atomic mass is 10.1. The first-order chi connectivity index (χ1) is 15.1. The minimum absolute atomic E-state index is 0.0911. The largest absolute Gasteiger partial charge is 0.356 e. The molecule has 0 bridgehead atoms. The summed E-state index contributed by atoms with van der Waals surface area (Å²) in [7, 11) is 0. The van der Waals surface area contributed by atoms with Gasteiger partial charge < -0.3 is 20.5 Å². The van der Waals surface area contributed by atoms with Crippen LogP contribution in [0, 0.1) is 0 Å². The topological polar surface area (TPSA) is 126 Å². The van der Waals surface area contributed by atoms with Gasteiger partial charge in [0.25, 0.3) is 5.91 Å². The highest BCUT2D eigenvalue weighted by atomic mass is 16.5. The molecule has 3 aromatic rings. The standard InChI is InChI=1S/C22H21N5O4/c28-18(23-13-12-19-26-20(27-31-19)14-6-2-1-3-7-14)11-10-17-22(30)24-16-9-5-4-8-15(16)21(29)25-17/h1-9,17H,10-13H2,(H,23,28)(H,24,30)(H,25,29). The van der Waals surface area contributed by atoms with Crippen LogP contribution in [0.5, 0.6) is 0 Å². The number of hydrogen-bond donors (Lipinski definition) is 3. The van der Waals surface area contributed by atoms with E-state index in [0.29, 0.717) is 35.9 Å². The number of rotatable bonds is 7. The van der Waals surface area contributed by atoms with Crippen molar-refractivity contribution in [2.75, 3.05) is 11.9 Å². The molecule has 3 amide bonds. The molecule has 0 fully saturated rings. The van der Waals surface area contributed by atoms with Crippen molar-refractivity contribution in [2.24, 2.45) is 0 Å². The van der Waals surface area contributed by atoms with E-state index < -0.39 is 6.04 Å². The van der Waals surface area contributed by atoms with Crippen molar-refractivity contribution in [3.8, 4) is 11.4 Å². The number of benzene rings is 2. The molecule has 0 saturated heterocycles. The summed E-state index contributed by atoms with van der Waals surface area (Å²) in [4.78, 5) is 41.2. The molecular formula is C22H21N5O4. The van der Waals surface area contributed by atoms with E-state index in [9.17, 15) is 14.4 Å². The molecule has 0 radical (unpaired) electrons. The lowest BCUT2D eigenvalue weighted by Crippen LogP contribution is -2.42. The molecule has 0 spiro atoms. The lowest BCUT2D eigenvalue weighted by Gasteiger charge is -2.14. The Labute approximate surface area is 178 Å². The van der Waals surface area contributed by atoms with Crippen molar-refractivity contribution in [3.63, 3.8) is 0 Å². The first kappa shape index (κ1) is 20.3. The maximum atomic E-state index is 12.4. The summed E-state index contributed by atoms with van der Waals surface area (Å²) in [5.74, 6) is 0.00680. The molecule has 1 aromatic heterocycles. The number of anilines is 1. The van der Waals surface area contributed by atoms with Crippen LogP contribution in [0.4, 0.5) is 5.69 Å². The Hall–Kier alpha value is -4.01. The molecule has 158 valence electrons. The second-order valence-corrected chi connectivity index (χ2v) is 7.08. The first-order valence-electron chi connectivity index (χ1n) is 9.95. The summed E-state index contributed by atoms with van der Waals surface area (Å²) < 4.78 is 5.21. The number of carbonyl (C=O) groups is 3. The van der Waals surface area contributed by atoms with Gasteiger partial charge in [-0.15, -0.1) is 0 Å². The molecule has 1 aliphatic heterocycles. The van der Waals surface area contributed by atoms with Gasteiger partial charge in [-0.2, -0.15) is 4.98 Å². The second kappa shape index (κ2) is 9.21. The van der Waals surface area contributed by atoms with E-state index in [2.05, 4.69) is 26.1 Å². The van der Waals surface area contributed by atoms with Gasteiger partial charge in [-0.3, -0.25) is 14.4 Å². The predicted molar refractivity (Wildman–Crippen MR) is 112 cm³/mol. The van der Waals surface area contributed by atoms with Gasteiger partial charge in [-0.1, -0.05) is 47.6 Å². The smallest absolute Gasteiger partial charge is 0.254 e. The summed E-state index contributed by atoms with van der Waals surface area (Å²) in [6.45, 7) is 0.323. The average Bonchev–Trinajstić information content (AvgIpc) is 3.21. The van der Waals surface area contributed by atoms with Crippen LogP contribution in [0.25, 0.3) is 11.4 Å². The lowest BCUT2D eigenvalue weighted by molar-refractivity contribution is -0.121. The third kappa shape index (κ3) is 4.95. The number of amides is 3. The third-order valence-corrected chi connectivity index (χ3v) is 4.87. The molecule has 31 heavy (non-hydrogen) atoms. The van der Waals surface area contributed by atoms with E-state index in [-0.39, 0.29) is 30.6 Å². The van der Waals surface area contributed by atoms with Crippen LogP contribution in [-0.2, 0) is 16.0 Å². The first-order valence-corrected chi connectivity index (χ1v) is 9.95. The number of hydrogen-bond acceptors (Lipinski definition) is 6. The fraction of sp³-hybridized carbons (Fsp3) is 0.227. The maximum Gasteiger partial charge on any atom is 0.254 e. The second-order valence-electron chi connectivity index (χ2n) is 7.08. The number of aromatic nitrogens is 2. The summed E-state index contributed by atoms with van der Waals surface area (Å²) in [5, 5.41) is 12.1. The number of fused-ring (bicyclic) bond motifs is 1. The SMILES string of the molecule is O=C(CCC1NC(=O)c2ccccc2NC1=O)NCCc1nc(-c2ccccc2)no1. The zero-order valence-electron chi connectivity index (χ0n) is 16.6. The van der Waals surface area contributed by atoms with Gasteiger partial charge in [-0.25, -0.2) is 0 Å². The van der Waals surface area contributed by atoms with E-state index in [0.717, 1.165) is 5.56 Å². The van der Waals surface area contributed by atoms with Gasteiger partial charge >= 0.3 is 0 Å². The van der Waals surface area contributed by atoms with Crippen LogP contribution in [0.1, 0.15) is 29.1 Å². The van der Waals surface area contributed by atoms with Crippen molar-refractivity contribution in [2.45, 2.75) is 25.3 Å². The molecule has 0 saturated carbocycles. The van der Waals surface area contributed by atoms with Gasteiger partial charge in [0, 0.05) is 24.9 Å². The molecule has 1 atom stereocenters. The third-order valence-electron chi connectivity index (χ3n) is 4.87. The van der Waals surface area contributed by atoms with Crippen LogP contribution in [0.15, 0.2) is 59.1 Å². The van der Waals surface area contributed by atoms with Crippen LogP contribution in [0.3, 0.4) is 0 Å². The fourth-order valence-corrected chi connectivity index (χ4v) is 3.25. The van der Waals surface area contributed by atoms with E-state index in [1.807, 2.05) is 30.3 Å². The maximum absolute atomic E-state index is 12.4. The summed E-state index contributed by atoms with van der Waals surface area (Å²) >= 11 is 0. The normalized spacial score (nSPS) is 15.4. The van der Waals surface area contributed by atoms with Crippen LogP contribution >= 0.6 is 0 Å². The Morgan fingerprint density at radius 2 is 1.84 bits per heavy atom. The minimum atomic E-state index is -0.782. The Morgan fingerprint density at radius 3 is 2.68 bits per heavy atom. The highest BCUT2D eigenvalue weighted by Gasteiger charge is 2.27. The Kier molecular flexibility index (Phi) is 6.02. The van der Waals surface area contributed by atoms with Crippen LogP contribution < -0.4 is 16.0 Å². The highest BCUT2D eigenvalue weighted by Crippen LogP contribution is 2.19. The van der Waals surface area contributed by atoms with Gasteiger partial charge in [0.05, 0.1) is 11.3 Å². The predicted octanol–water partition coefficient (Wildman–Crippen LogP) is 1.93. The summed E-state index contributed by atoms with van der Waals surface area (Å²) in [6, 6.07) is 15.5. The van der Waals surface area contributed by atoms with Crippen LogP contribution in [0.2, 0.25) is 0 Å². The monoisotopic (exact) mass is 419 g/mol. The van der Waals surface area contributed by atoms with Gasteiger partial charge in [0.1, 0.15) is 6.04 Å². The molecule has 9 heteroatoms. The van der Waals surface area contributed by atoms with Crippen LogP contribution in [-0.4, -0.2) is 40.4 Å². The zero-order chi connectivity index (χ0) is 21.6. The molecule has 1 unspecified atom stereocenters. The van der Waals surface area contributed by atoms with E-state index >= 15 is 0 Å². The molecule has 3 N–H and O–H groups in total. The summed E-state index contributed by atoms with van der Waals surface area (Å²) in [6.07, 6.45) is 0.672. The van der Waals surface area contributed by atoms with Crippen molar-refractivity contribution >= 4 is 23.4 Å². The highest BCUT2D eigenvalue weighted by molar-refractivity contribution is 6.09. The van der Waals surface area contributed by atoms with E-state index in [4.69, 9.17) is 4.52 Å². The van der Waals surface area contributed by atoms with Crippen molar-refractivity contribution in [1.29, 1.82) is 0 Å². The molecule has 4 rings (SSSR count). The Morgan fingerprint density at radius 1 is 1.06 bits per heavy atom. The fourth-order valence-electron chi connectivity index (χ4n) is 3.25. The van der Waals surface area contributed by atoms with Crippen molar-refractivity contribution < 1.29 is 18.9 Å². The van der Waals surface area contributed by atoms with E-state index in [1.54, 1.807) is 24.3 Å². The van der Waals surface area contributed by atoms with Crippen molar-refractivity contribution in [3.05, 3.63) is 66.1 Å². The number of carbonyl (C=O) groups excluding carboxylic acids is 3. The molecular weight excluding hydrogens is 398 g/mol. The number of nitrogens with zero attached hydrogens (tertiary/aromatic N) is 2. The Bertz CT molecular complexity index is 1100. The van der Waals surface area contributed by atoms with E-state index in [1.165, 1.54) is 0 Å². The quantitative estimate of drug-likeness (QED) is 0.537. The number of para-hydroxylation sites is 1. The average molecular weight is 419 g/mol. The molecule has 2 aromatic carbocycles.